The Morgan fingerprint density at radius 2 is 1.08 bits per heavy atom. The quantitative estimate of drug-likeness (QED) is 0.129. The second-order valence-corrected chi connectivity index (χ2v) is 23.4. The van der Waals surface area contributed by atoms with Gasteiger partial charge in [-0.25, -0.2) is 0 Å². The van der Waals surface area contributed by atoms with Gasteiger partial charge in [-0.3, -0.25) is 0 Å². The van der Waals surface area contributed by atoms with Crippen molar-refractivity contribution in [3.8, 4) is 0 Å². The van der Waals surface area contributed by atoms with E-state index >= 15 is 0 Å². The third-order valence-corrected chi connectivity index (χ3v) is 15.7. The lowest BCUT2D eigenvalue weighted by molar-refractivity contribution is 0.330. The van der Waals surface area contributed by atoms with Crippen molar-refractivity contribution in [1.29, 1.82) is 0 Å². The summed E-state index contributed by atoms with van der Waals surface area (Å²) in [7, 11) is 0. The van der Waals surface area contributed by atoms with Crippen molar-refractivity contribution in [1.82, 2.24) is 0 Å². The third-order valence-electron chi connectivity index (χ3n) is 14.5. The maximum Gasteiger partial charge on any atom is 0.252 e. The van der Waals surface area contributed by atoms with E-state index in [9.17, 15) is 45.2 Å². The Balaban J connectivity index is 1.38. The summed E-state index contributed by atoms with van der Waals surface area (Å²) in [5.74, 6) is 0. The van der Waals surface area contributed by atoms with Gasteiger partial charge in [-0.2, -0.15) is 0 Å². The molecule has 14 rings (SSSR count). The predicted molar refractivity (Wildman–Crippen MR) is 323 cm³/mol. The van der Waals surface area contributed by atoms with Crippen LogP contribution in [0.4, 0.5) is 45.5 Å². The monoisotopic (exact) mass is 1020 g/mol. The van der Waals surface area contributed by atoms with E-state index < -0.39 is 318 Å². The van der Waals surface area contributed by atoms with Crippen LogP contribution in [0.1, 0.15) is 162 Å². The van der Waals surface area contributed by atoms with E-state index in [1.54, 1.807) is 20.8 Å². The van der Waals surface area contributed by atoms with Gasteiger partial charge in [0.15, 0.2) is 0 Å². The normalized spacial score (nSPS) is 25.0. The lowest BCUT2D eigenvalue weighted by Crippen LogP contribution is -2.61. The zero-order chi connectivity index (χ0) is 83.8. The average Bonchev–Trinajstić information content (AvgIpc) is 1.43. The van der Waals surface area contributed by atoms with Gasteiger partial charge < -0.3 is 14.7 Å². The molecule has 4 heterocycles. The molecule has 0 bridgehead atoms. The van der Waals surface area contributed by atoms with Crippen LogP contribution in [-0.4, -0.2) is 12.3 Å². The number of hydrogen-bond donors (Lipinski definition) is 0. The highest BCUT2D eigenvalue weighted by molar-refractivity contribution is 7.19. The molecule has 5 heteroatoms. The Bertz CT molecular complexity index is 5970. The third kappa shape index (κ3) is 6.38. The van der Waals surface area contributed by atoms with Gasteiger partial charge in [-0.05, 0) is 180 Å². The fraction of sp³-hybridized carbons (Fsp3) is 0.275. The van der Waals surface area contributed by atoms with Gasteiger partial charge in [-0.15, -0.1) is 11.3 Å². The summed E-state index contributed by atoms with van der Waals surface area (Å²) in [5, 5.41) is -4.33. The van der Waals surface area contributed by atoms with Gasteiger partial charge >= 0.3 is 0 Å². The van der Waals surface area contributed by atoms with Crippen LogP contribution in [-0.2, 0) is 29.1 Å². The van der Waals surface area contributed by atoms with Crippen LogP contribution in [0.15, 0.2) is 157 Å². The molecule has 1 aromatic heterocycles. The summed E-state index contributed by atoms with van der Waals surface area (Å²) in [5.41, 5.74) is -25.9. The molecule has 0 fully saturated rings. The van der Waals surface area contributed by atoms with Crippen molar-refractivity contribution in [2.75, 3.05) is 14.7 Å². The van der Waals surface area contributed by atoms with E-state index in [-0.39, 0.29) is 32.5 Å². The lowest BCUT2D eigenvalue weighted by Gasteiger charge is -2.47. The second kappa shape index (κ2) is 15.2. The van der Waals surface area contributed by atoms with Crippen LogP contribution in [0.5, 0.6) is 0 Å². The number of hydrogen-bond acceptors (Lipinski definition) is 4. The van der Waals surface area contributed by atoms with E-state index in [0.29, 0.717) is 26.7 Å². The maximum absolute atomic E-state index is 11.5. The minimum atomic E-state index is -4.92. The molecule has 0 saturated heterocycles. The van der Waals surface area contributed by atoms with Gasteiger partial charge in [0.2, 0.25) is 0 Å². The van der Waals surface area contributed by atoms with Crippen LogP contribution < -0.4 is 31.1 Å². The molecule has 366 valence electrons. The van der Waals surface area contributed by atoms with Crippen LogP contribution in [0.3, 0.4) is 0 Å². The standard InChI is InChI=1S/C69H66BN3S/c1-65(2,3)41-25-28-43(29-26-41)71-58-32-27-42(66(4,5)6)33-55(58)70-56-38-62-52(53-39-67(7,8)40-63(53)74-62)37-59(56)72(44-30-31-50-48-21-14-13-19-46(48)47-20-15-16-22-49(47)51(50)34-44)61-36-45(35-60(71)64(61)70)73-57-24-18-17-23-54(57)68(9,10)69(73,11)12/h13-38H,39-40H2,1-12H3/i9D3,10D3,11D3,12D3,13D,14D,15D,16D,17D,18D,19D,20D,21D,22D,23D,24D,25D,26D,27D,28D,29D,30D,31D,32D,33D,34D,35D,36D,37D,38D. The first-order chi connectivity index (χ1) is 51.1. The number of thiophene rings is 1. The molecule has 74 heavy (non-hydrogen) atoms. The Morgan fingerprint density at radius 1 is 0.500 bits per heavy atom. The van der Waals surface area contributed by atoms with Crippen molar-refractivity contribution in [2.24, 2.45) is 5.41 Å². The first-order valence-electron chi connectivity index (χ1n) is 43.0. The molecule has 0 atom stereocenters. The molecule has 3 aliphatic heterocycles. The maximum atomic E-state index is 11.5. The van der Waals surface area contributed by atoms with E-state index in [0.717, 1.165) is 11.3 Å². The van der Waals surface area contributed by atoms with Crippen molar-refractivity contribution in [3.05, 3.63) is 184 Å². The first kappa shape index (κ1) is 21.1. The van der Waals surface area contributed by atoms with Crippen molar-refractivity contribution < 1.29 is 52.1 Å². The molecule has 10 aromatic rings. The van der Waals surface area contributed by atoms with Gasteiger partial charge in [0, 0.05) is 82.5 Å². The second-order valence-electron chi connectivity index (χ2n) is 22.3. The minimum Gasteiger partial charge on any atom is -0.335 e. The fourth-order valence-corrected chi connectivity index (χ4v) is 12.3. The number of anilines is 8. The Kier molecular flexibility index (Phi) is 4.32. The largest absolute Gasteiger partial charge is 0.335 e. The van der Waals surface area contributed by atoms with E-state index in [4.69, 9.17) is 6.85 Å². The molecule has 9 aromatic carbocycles. The molecule has 0 amide bonds. The highest BCUT2D eigenvalue weighted by atomic mass is 32.1. The SMILES string of the molecule is [2H]c1c([2H])c([2H])c2c(c1[2H])N(c1c([2H])c3c4c(c1[2H])N(c1c([2H])c([2H])c5c6c([2H])c([2H])c([2H])c([2H])c6c6c([2H])c([2H])c([2H])c([2H])c6c5c1[2H])c1c(c([2H])c5sc6c(c5c1[2H])CC(C)(C)C6)B4c1c([2H])c(C(C)(C)C)c([2H])c([2H])c1N3c1c([2H])c([2H])c(C(C)(C)C)c([2H])c1[2H])C(C([2H])([2H])[2H])(C([2H])([2H])[2H])C2(C([2H])([2H])[2H])C([2H])([2H])[2H]. The Morgan fingerprint density at radius 3 is 1.73 bits per heavy atom. The highest BCUT2D eigenvalue weighted by Gasteiger charge is 2.52. The Labute approximate surface area is 495 Å². The van der Waals surface area contributed by atoms with Gasteiger partial charge in [0.1, 0.15) is 0 Å². The molecule has 3 nitrogen and oxygen atoms in total. The van der Waals surface area contributed by atoms with Gasteiger partial charge in [0.25, 0.3) is 6.71 Å². The average molecular weight is 1020 g/mol. The summed E-state index contributed by atoms with van der Waals surface area (Å²) in [6, 6.07) is -28.3. The molecule has 0 spiro atoms. The fourth-order valence-electron chi connectivity index (χ4n) is 10.9. The van der Waals surface area contributed by atoms with Crippen molar-refractivity contribution in [3.63, 3.8) is 0 Å². The van der Waals surface area contributed by atoms with Crippen LogP contribution in [0.25, 0.3) is 42.4 Å². The number of rotatable bonds is 3. The van der Waals surface area contributed by atoms with Crippen molar-refractivity contribution >= 4 is 122 Å². The van der Waals surface area contributed by atoms with Crippen LogP contribution in [0, 0.1) is 5.41 Å². The molecule has 0 radical (unpaired) electrons. The number of para-hydroxylation sites is 1. The zero-order valence-corrected chi connectivity index (χ0v) is 42.1. The molecule has 1 aliphatic carbocycles. The summed E-state index contributed by atoms with van der Waals surface area (Å²) in [6.45, 7) is -8.00. The molecular weight excluding hydrogens is 914 g/mol. The van der Waals surface area contributed by atoms with Gasteiger partial charge in [0.05, 0.1) is 35.6 Å². The van der Waals surface area contributed by atoms with Crippen molar-refractivity contribution in [2.45, 2.75) is 117 Å². The molecule has 0 saturated carbocycles. The Hall–Kier alpha value is -6.82. The molecule has 4 aliphatic rings. The van der Waals surface area contributed by atoms with Crippen LogP contribution in [0.2, 0.25) is 0 Å². The summed E-state index contributed by atoms with van der Waals surface area (Å²) >= 11 is 1.06. The number of nitrogens with zero attached hydrogens (tertiary/aromatic N) is 3. The minimum absolute atomic E-state index is 0.0308. The smallest absolute Gasteiger partial charge is 0.252 e. The van der Waals surface area contributed by atoms with E-state index in [1.165, 1.54) is 20.8 Å². The van der Waals surface area contributed by atoms with E-state index in [1.807, 2.05) is 13.8 Å². The topological polar surface area (TPSA) is 9.72 Å². The van der Waals surface area contributed by atoms with Gasteiger partial charge in [-0.1, -0.05) is 166 Å². The first-order valence-corrected chi connectivity index (χ1v) is 24.8. The number of fused-ring (bicyclic) bond motifs is 14. The van der Waals surface area contributed by atoms with E-state index in [2.05, 4.69) is 0 Å². The van der Waals surface area contributed by atoms with Crippen LogP contribution >= 0.6 is 11.3 Å². The molecule has 0 unspecified atom stereocenters. The summed E-state index contributed by atoms with van der Waals surface area (Å²) < 4.78 is 376. The predicted octanol–water partition coefficient (Wildman–Crippen LogP) is 17.4. The lowest BCUT2D eigenvalue weighted by atomic mass is 9.33. The zero-order valence-electron chi connectivity index (χ0n) is 79.2. The molecule has 0 N–H and O–H groups in total. The summed E-state index contributed by atoms with van der Waals surface area (Å²) in [4.78, 5) is 1.74. The highest BCUT2D eigenvalue weighted by Crippen LogP contribution is 2.57. The molecular formula is C69H66BN3S. The summed E-state index contributed by atoms with van der Waals surface area (Å²) in [6.07, 6.45) is 0.477. The number of benzene rings is 9.